The number of rotatable bonds is 10. The van der Waals surface area contributed by atoms with Crippen LogP contribution >= 0.6 is 0 Å². The summed E-state index contributed by atoms with van der Waals surface area (Å²) in [4.78, 5) is 58.8. The molecule has 2 aromatic carbocycles. The van der Waals surface area contributed by atoms with Gasteiger partial charge in [-0.3, -0.25) is 24.2 Å². The van der Waals surface area contributed by atoms with Crippen LogP contribution in [-0.4, -0.2) is 57.8 Å². The molecule has 230 valence electrons. The van der Waals surface area contributed by atoms with Crippen molar-refractivity contribution >= 4 is 35.3 Å². The molecule has 1 atom stereocenters. The number of anilines is 2. The van der Waals surface area contributed by atoms with Gasteiger partial charge in [-0.25, -0.2) is 9.78 Å². The second-order valence-corrected chi connectivity index (χ2v) is 11.0. The highest BCUT2D eigenvalue weighted by molar-refractivity contribution is 6.09. The van der Waals surface area contributed by atoms with Crippen LogP contribution in [0.15, 0.2) is 72.9 Å². The fourth-order valence-electron chi connectivity index (χ4n) is 6.00. The van der Waals surface area contributed by atoms with Gasteiger partial charge in [0.1, 0.15) is 18.9 Å². The van der Waals surface area contributed by atoms with Crippen molar-refractivity contribution in [3.63, 3.8) is 0 Å². The predicted molar refractivity (Wildman–Crippen MR) is 156 cm³/mol. The lowest BCUT2D eigenvalue weighted by Crippen LogP contribution is -2.56. The van der Waals surface area contributed by atoms with Crippen LogP contribution in [0.5, 0.6) is 0 Å². The van der Waals surface area contributed by atoms with E-state index in [1.54, 1.807) is 72.9 Å². The number of nitrogens with zero attached hydrogens (tertiary/aromatic N) is 3. The molecule has 0 bridgehead atoms. The van der Waals surface area contributed by atoms with Gasteiger partial charge in [-0.05, 0) is 66.1 Å². The lowest BCUT2D eigenvalue weighted by molar-refractivity contribution is -0.157. The normalized spacial score (nSPS) is 18.7. The zero-order valence-corrected chi connectivity index (χ0v) is 24.1. The number of pyridine rings is 1. The average molecular weight is 608 g/mol. The van der Waals surface area contributed by atoms with Crippen LogP contribution in [0.25, 0.3) is 0 Å². The molecule has 12 heteroatoms. The van der Waals surface area contributed by atoms with Crippen LogP contribution in [0.4, 0.5) is 29.5 Å². The second-order valence-electron chi connectivity index (χ2n) is 11.0. The quantitative estimate of drug-likeness (QED) is 0.305. The Morgan fingerprint density at radius 3 is 2.30 bits per heavy atom. The topological polar surface area (TPSA) is 112 Å². The fraction of sp³-hybridized carbons (Fsp3) is 0.344. The number of imide groups is 1. The molecule has 1 aromatic heterocycles. The maximum absolute atomic E-state index is 13.8. The van der Waals surface area contributed by atoms with Crippen molar-refractivity contribution in [2.24, 2.45) is 5.92 Å². The van der Waals surface area contributed by atoms with Crippen molar-refractivity contribution in [1.82, 2.24) is 14.8 Å². The summed E-state index contributed by atoms with van der Waals surface area (Å²) in [5.41, 5.74) is 0.520. The summed E-state index contributed by atoms with van der Waals surface area (Å²) in [6.45, 7) is -0.456. The first kappa shape index (κ1) is 30.7. The number of halogens is 3. The summed E-state index contributed by atoms with van der Waals surface area (Å²) < 4.78 is 40.6. The van der Waals surface area contributed by atoms with Gasteiger partial charge in [-0.2, -0.15) is 13.2 Å². The van der Waals surface area contributed by atoms with Gasteiger partial charge in [0.05, 0.1) is 6.42 Å². The van der Waals surface area contributed by atoms with Gasteiger partial charge < -0.3 is 10.6 Å². The molecule has 0 spiro atoms. The Kier molecular flexibility index (Phi) is 8.70. The molecular formula is C32H32F3N5O4. The molecule has 1 unspecified atom stereocenters. The Labute approximate surface area is 252 Å². The summed E-state index contributed by atoms with van der Waals surface area (Å²) >= 11 is 0. The number of amides is 5. The number of urea groups is 1. The molecule has 1 saturated heterocycles. The highest BCUT2D eigenvalue weighted by atomic mass is 19.4. The highest BCUT2D eigenvalue weighted by Gasteiger charge is 2.64. The first-order valence-electron chi connectivity index (χ1n) is 14.4. The molecule has 1 aliphatic carbocycles. The van der Waals surface area contributed by atoms with Gasteiger partial charge >= 0.3 is 12.2 Å². The van der Waals surface area contributed by atoms with Gasteiger partial charge in [0, 0.05) is 11.9 Å². The molecule has 0 radical (unpaired) electrons. The molecule has 1 aliphatic heterocycles. The summed E-state index contributed by atoms with van der Waals surface area (Å²) in [5.74, 6) is -2.01. The van der Waals surface area contributed by atoms with Crippen LogP contribution < -0.4 is 10.6 Å². The standard InChI is InChI=1S/C32H32F3N5O4/c1-2-21-14-15-25(17-22(21)18-27(41)38-26-13-6-7-16-36-26)37-28(42)19-40-30(44)39(20-31(33,34)35)29(43)32(40,24-11-8-12-24)23-9-4-3-5-10-23/h3-7,9-10,13-17,24H,2,8,11-12,18-20H2,1H3,(H,37,42)(H,36,38,41). The number of alkyl halides is 3. The van der Waals surface area contributed by atoms with E-state index in [0.717, 1.165) is 16.9 Å². The van der Waals surface area contributed by atoms with Crippen LogP contribution in [0.2, 0.25) is 0 Å². The van der Waals surface area contributed by atoms with Gasteiger partial charge in [0.15, 0.2) is 5.54 Å². The number of benzene rings is 2. The van der Waals surface area contributed by atoms with E-state index in [0.29, 0.717) is 41.9 Å². The Morgan fingerprint density at radius 2 is 1.68 bits per heavy atom. The Balaban J connectivity index is 1.41. The molecule has 2 heterocycles. The van der Waals surface area contributed by atoms with Crippen molar-refractivity contribution in [3.05, 3.63) is 89.6 Å². The summed E-state index contributed by atoms with van der Waals surface area (Å²) in [6, 6.07) is 17.3. The molecule has 3 aromatic rings. The van der Waals surface area contributed by atoms with Crippen LogP contribution in [-0.2, 0) is 32.8 Å². The van der Waals surface area contributed by atoms with Crippen molar-refractivity contribution in [3.8, 4) is 0 Å². The molecule has 2 fully saturated rings. The zero-order valence-electron chi connectivity index (χ0n) is 24.1. The van der Waals surface area contributed by atoms with E-state index in [2.05, 4.69) is 15.6 Å². The molecule has 5 amide bonds. The maximum Gasteiger partial charge on any atom is 0.406 e. The van der Waals surface area contributed by atoms with Crippen molar-refractivity contribution in [2.75, 3.05) is 23.7 Å². The van der Waals surface area contributed by atoms with Crippen molar-refractivity contribution < 1.29 is 32.3 Å². The number of carbonyl (C=O) groups excluding carboxylic acids is 4. The van der Waals surface area contributed by atoms with E-state index in [4.69, 9.17) is 0 Å². The average Bonchev–Trinajstić information content (AvgIpc) is 3.14. The van der Waals surface area contributed by atoms with Gasteiger partial charge in [0.2, 0.25) is 11.8 Å². The van der Waals surface area contributed by atoms with E-state index >= 15 is 0 Å². The highest BCUT2D eigenvalue weighted by Crippen LogP contribution is 2.51. The summed E-state index contributed by atoms with van der Waals surface area (Å²) in [6.07, 6.45) is -0.828. The van der Waals surface area contributed by atoms with E-state index < -0.39 is 48.6 Å². The van der Waals surface area contributed by atoms with E-state index in [9.17, 15) is 32.3 Å². The lowest BCUT2D eigenvalue weighted by Gasteiger charge is -2.45. The first-order chi connectivity index (χ1) is 21.0. The van der Waals surface area contributed by atoms with Gasteiger partial charge in [-0.1, -0.05) is 55.8 Å². The number of carbonyl (C=O) groups is 4. The van der Waals surface area contributed by atoms with E-state index in [1.165, 1.54) is 0 Å². The van der Waals surface area contributed by atoms with Crippen LogP contribution in [0, 0.1) is 5.92 Å². The van der Waals surface area contributed by atoms with Crippen LogP contribution in [0.3, 0.4) is 0 Å². The number of hydrogen-bond donors (Lipinski definition) is 2. The Hall–Kier alpha value is -4.74. The van der Waals surface area contributed by atoms with Gasteiger partial charge in [0.25, 0.3) is 5.91 Å². The second kappa shape index (κ2) is 12.5. The van der Waals surface area contributed by atoms with Crippen LogP contribution in [0.1, 0.15) is 42.9 Å². The number of nitrogens with one attached hydrogen (secondary N) is 2. The molecule has 9 nitrogen and oxygen atoms in total. The van der Waals surface area contributed by atoms with E-state index in [-0.39, 0.29) is 17.2 Å². The van der Waals surface area contributed by atoms with Crippen molar-refractivity contribution in [2.45, 2.75) is 50.7 Å². The minimum Gasteiger partial charge on any atom is -0.325 e. The molecule has 44 heavy (non-hydrogen) atoms. The number of hydrogen-bond acceptors (Lipinski definition) is 5. The maximum atomic E-state index is 13.8. The smallest absolute Gasteiger partial charge is 0.325 e. The predicted octanol–water partition coefficient (Wildman–Crippen LogP) is 5.29. The molecule has 5 rings (SSSR count). The SMILES string of the molecule is CCc1ccc(NC(=O)CN2C(=O)N(CC(F)(F)F)C(=O)C2(c2ccccc2)C2CCC2)cc1CC(=O)Nc1ccccn1. The zero-order chi connectivity index (χ0) is 31.5. The summed E-state index contributed by atoms with van der Waals surface area (Å²) in [7, 11) is 0. The molecule has 2 N–H and O–H groups in total. The third-order valence-corrected chi connectivity index (χ3v) is 8.16. The molecular weight excluding hydrogens is 575 g/mol. The largest absolute Gasteiger partial charge is 0.406 e. The third kappa shape index (κ3) is 6.15. The lowest BCUT2D eigenvalue weighted by atomic mass is 9.66. The first-order valence-corrected chi connectivity index (χ1v) is 14.4. The minimum atomic E-state index is -4.81. The third-order valence-electron chi connectivity index (χ3n) is 8.16. The minimum absolute atomic E-state index is 0.00771. The monoisotopic (exact) mass is 607 g/mol. The van der Waals surface area contributed by atoms with E-state index in [1.807, 2.05) is 6.92 Å². The van der Waals surface area contributed by atoms with Crippen molar-refractivity contribution in [1.29, 1.82) is 0 Å². The number of aromatic nitrogens is 1. The molecule has 1 saturated carbocycles. The Morgan fingerprint density at radius 1 is 0.955 bits per heavy atom. The fourth-order valence-corrected chi connectivity index (χ4v) is 6.00. The molecule has 2 aliphatic rings. The number of aryl methyl sites for hydroxylation is 1. The van der Waals surface area contributed by atoms with Gasteiger partial charge in [-0.15, -0.1) is 0 Å². The summed E-state index contributed by atoms with van der Waals surface area (Å²) in [5, 5.41) is 5.44. The Bertz CT molecular complexity index is 1550.